The number of benzene rings is 1. The van der Waals surface area contributed by atoms with Crippen molar-refractivity contribution >= 4 is 5.91 Å². The van der Waals surface area contributed by atoms with E-state index in [9.17, 15) is 4.79 Å². The molecule has 2 aromatic heterocycles. The van der Waals surface area contributed by atoms with Crippen LogP contribution >= 0.6 is 0 Å². The Labute approximate surface area is 139 Å². The number of aryl methyl sites for hydroxylation is 1. The summed E-state index contributed by atoms with van der Waals surface area (Å²) in [6.07, 6.45) is 3.19. The van der Waals surface area contributed by atoms with Crippen LogP contribution in [0.1, 0.15) is 21.9 Å². The zero-order valence-electron chi connectivity index (χ0n) is 13.4. The van der Waals surface area contributed by atoms with Crippen molar-refractivity contribution in [3.8, 4) is 17.0 Å². The third-order valence-electron chi connectivity index (χ3n) is 3.53. The summed E-state index contributed by atoms with van der Waals surface area (Å²) in [6.45, 7) is 2.14. The Bertz CT molecular complexity index is 842. The van der Waals surface area contributed by atoms with E-state index in [-0.39, 0.29) is 5.91 Å². The number of carbonyl (C=O) groups is 1. The molecule has 0 saturated carbocycles. The van der Waals surface area contributed by atoms with E-state index in [1.807, 2.05) is 31.2 Å². The Kier molecular flexibility index (Phi) is 4.51. The number of aromatic nitrogens is 4. The maximum atomic E-state index is 12.4. The van der Waals surface area contributed by atoms with Crippen LogP contribution in [0.2, 0.25) is 0 Å². The van der Waals surface area contributed by atoms with E-state index in [0.29, 0.717) is 23.6 Å². The highest BCUT2D eigenvalue weighted by atomic mass is 16.5. The first-order valence-electron chi connectivity index (χ1n) is 7.42. The minimum atomic E-state index is -0.217. The molecule has 0 aliphatic rings. The lowest BCUT2D eigenvalue weighted by atomic mass is 10.1. The fourth-order valence-corrected chi connectivity index (χ4v) is 2.31. The van der Waals surface area contributed by atoms with Crippen molar-refractivity contribution in [3.63, 3.8) is 0 Å². The molecule has 0 bridgehead atoms. The van der Waals surface area contributed by atoms with Gasteiger partial charge in [-0.25, -0.2) is 9.97 Å². The van der Waals surface area contributed by atoms with Crippen LogP contribution in [0.15, 0.2) is 42.7 Å². The lowest BCUT2D eigenvalue weighted by molar-refractivity contribution is 0.0951. The van der Waals surface area contributed by atoms with E-state index in [2.05, 4.69) is 25.5 Å². The fourth-order valence-electron chi connectivity index (χ4n) is 2.31. The Morgan fingerprint density at radius 3 is 2.75 bits per heavy atom. The first kappa shape index (κ1) is 15.7. The summed E-state index contributed by atoms with van der Waals surface area (Å²) in [5, 5.41) is 9.71. The quantitative estimate of drug-likeness (QED) is 0.750. The number of aromatic amines is 1. The number of ether oxygens (including phenoxy) is 1. The number of hydrogen-bond acceptors (Lipinski definition) is 5. The van der Waals surface area contributed by atoms with Crippen molar-refractivity contribution in [2.24, 2.45) is 0 Å². The molecule has 0 aliphatic heterocycles. The number of carbonyl (C=O) groups excluding carboxylic acids is 1. The molecule has 2 heterocycles. The SMILES string of the molecule is COc1ccc(-c2[nH]ncc2C(=O)NCc2ccnc(C)n2)cc1. The van der Waals surface area contributed by atoms with Crippen molar-refractivity contribution in [2.45, 2.75) is 13.5 Å². The van der Waals surface area contributed by atoms with Gasteiger partial charge in [0.1, 0.15) is 11.6 Å². The van der Waals surface area contributed by atoms with Crippen LogP contribution in [-0.4, -0.2) is 33.2 Å². The predicted octanol–water partition coefficient (Wildman–Crippen LogP) is 2.11. The fraction of sp³-hybridized carbons (Fsp3) is 0.176. The van der Waals surface area contributed by atoms with Gasteiger partial charge in [0.15, 0.2) is 0 Å². The minimum absolute atomic E-state index is 0.217. The van der Waals surface area contributed by atoms with Gasteiger partial charge in [-0.15, -0.1) is 0 Å². The third kappa shape index (κ3) is 3.40. The van der Waals surface area contributed by atoms with Crippen LogP contribution in [0.3, 0.4) is 0 Å². The molecule has 24 heavy (non-hydrogen) atoms. The molecular weight excluding hydrogens is 306 g/mol. The van der Waals surface area contributed by atoms with Gasteiger partial charge >= 0.3 is 0 Å². The monoisotopic (exact) mass is 323 g/mol. The smallest absolute Gasteiger partial charge is 0.255 e. The summed E-state index contributed by atoms with van der Waals surface area (Å²) in [7, 11) is 1.61. The molecule has 0 atom stereocenters. The zero-order chi connectivity index (χ0) is 16.9. The second kappa shape index (κ2) is 6.91. The van der Waals surface area contributed by atoms with Crippen LogP contribution < -0.4 is 10.1 Å². The second-order valence-corrected chi connectivity index (χ2v) is 5.17. The maximum Gasteiger partial charge on any atom is 0.255 e. The standard InChI is InChI=1S/C17H17N5O2/c1-11-18-8-7-13(21-11)9-19-17(23)15-10-20-22-16(15)12-3-5-14(24-2)6-4-12/h3-8,10H,9H2,1-2H3,(H,19,23)(H,20,22). The topological polar surface area (TPSA) is 92.8 Å². The van der Waals surface area contributed by atoms with E-state index >= 15 is 0 Å². The molecule has 0 radical (unpaired) electrons. The Hall–Kier alpha value is -3.22. The summed E-state index contributed by atoms with van der Waals surface area (Å²) >= 11 is 0. The summed E-state index contributed by atoms with van der Waals surface area (Å²) in [6, 6.07) is 9.18. The maximum absolute atomic E-state index is 12.4. The van der Waals surface area contributed by atoms with Crippen LogP contribution in [0.25, 0.3) is 11.3 Å². The van der Waals surface area contributed by atoms with E-state index in [4.69, 9.17) is 4.74 Å². The Morgan fingerprint density at radius 1 is 1.25 bits per heavy atom. The highest BCUT2D eigenvalue weighted by molar-refractivity contribution is 5.99. The largest absolute Gasteiger partial charge is 0.497 e. The molecule has 0 spiro atoms. The van der Waals surface area contributed by atoms with Crippen molar-refractivity contribution < 1.29 is 9.53 Å². The summed E-state index contributed by atoms with van der Waals surface area (Å²) in [4.78, 5) is 20.7. The average Bonchev–Trinajstić information content (AvgIpc) is 3.09. The lowest BCUT2D eigenvalue weighted by Gasteiger charge is -2.07. The molecule has 1 aromatic carbocycles. The van der Waals surface area contributed by atoms with Gasteiger partial charge in [0.25, 0.3) is 5.91 Å². The first-order chi connectivity index (χ1) is 11.7. The third-order valence-corrected chi connectivity index (χ3v) is 3.53. The molecule has 122 valence electrons. The summed E-state index contributed by atoms with van der Waals surface area (Å²) in [5.41, 5.74) is 2.75. The molecule has 3 rings (SSSR count). The van der Waals surface area contributed by atoms with Gasteiger partial charge in [-0.3, -0.25) is 9.89 Å². The normalized spacial score (nSPS) is 10.4. The van der Waals surface area contributed by atoms with E-state index in [1.54, 1.807) is 19.4 Å². The Morgan fingerprint density at radius 2 is 2.04 bits per heavy atom. The van der Waals surface area contributed by atoms with Crippen LogP contribution in [0, 0.1) is 6.92 Å². The highest BCUT2D eigenvalue weighted by Crippen LogP contribution is 2.23. The van der Waals surface area contributed by atoms with Crippen molar-refractivity contribution in [1.29, 1.82) is 0 Å². The molecule has 0 saturated heterocycles. The summed E-state index contributed by atoms with van der Waals surface area (Å²) < 4.78 is 5.14. The molecule has 1 amide bonds. The number of amides is 1. The minimum Gasteiger partial charge on any atom is -0.497 e. The van der Waals surface area contributed by atoms with Crippen LogP contribution in [0.5, 0.6) is 5.75 Å². The molecule has 7 heteroatoms. The zero-order valence-corrected chi connectivity index (χ0v) is 13.4. The van der Waals surface area contributed by atoms with Gasteiger partial charge < -0.3 is 10.1 Å². The van der Waals surface area contributed by atoms with Crippen LogP contribution in [-0.2, 0) is 6.54 Å². The van der Waals surface area contributed by atoms with Crippen molar-refractivity contribution in [1.82, 2.24) is 25.5 Å². The Balaban J connectivity index is 1.75. The molecule has 2 N–H and O–H groups in total. The van der Waals surface area contributed by atoms with E-state index in [1.165, 1.54) is 6.20 Å². The van der Waals surface area contributed by atoms with Gasteiger partial charge in [-0.05, 0) is 37.3 Å². The number of hydrogen-bond donors (Lipinski definition) is 2. The van der Waals surface area contributed by atoms with Crippen molar-refractivity contribution in [2.75, 3.05) is 7.11 Å². The summed E-state index contributed by atoms with van der Waals surface area (Å²) in [5.74, 6) is 1.21. The number of nitrogens with one attached hydrogen (secondary N) is 2. The molecule has 7 nitrogen and oxygen atoms in total. The first-order valence-corrected chi connectivity index (χ1v) is 7.42. The van der Waals surface area contributed by atoms with Crippen LogP contribution in [0.4, 0.5) is 0 Å². The van der Waals surface area contributed by atoms with Gasteiger partial charge in [-0.1, -0.05) is 0 Å². The number of nitrogens with zero attached hydrogens (tertiary/aromatic N) is 3. The van der Waals surface area contributed by atoms with Gasteiger partial charge in [-0.2, -0.15) is 5.10 Å². The predicted molar refractivity (Wildman–Crippen MR) is 88.5 cm³/mol. The van der Waals surface area contributed by atoms with Crippen molar-refractivity contribution in [3.05, 3.63) is 59.8 Å². The molecule has 0 fully saturated rings. The molecular formula is C17H17N5O2. The molecule has 3 aromatic rings. The number of H-pyrrole nitrogens is 1. The number of rotatable bonds is 5. The lowest BCUT2D eigenvalue weighted by Crippen LogP contribution is -2.23. The van der Waals surface area contributed by atoms with E-state index < -0.39 is 0 Å². The molecule has 0 aliphatic carbocycles. The van der Waals surface area contributed by atoms with Gasteiger partial charge in [0.05, 0.1) is 36.8 Å². The highest BCUT2D eigenvalue weighted by Gasteiger charge is 2.15. The second-order valence-electron chi connectivity index (χ2n) is 5.17. The molecule has 0 unspecified atom stereocenters. The average molecular weight is 323 g/mol. The van der Waals surface area contributed by atoms with E-state index in [0.717, 1.165) is 17.0 Å². The number of methoxy groups -OCH3 is 1. The van der Waals surface area contributed by atoms with Gasteiger partial charge in [0.2, 0.25) is 0 Å². The van der Waals surface area contributed by atoms with Gasteiger partial charge in [0, 0.05) is 11.8 Å².